The van der Waals surface area contributed by atoms with Gasteiger partial charge in [0, 0.05) is 52.1 Å². The number of aromatic nitrogens is 2. The topological polar surface area (TPSA) is 99.9 Å². The van der Waals surface area contributed by atoms with Crippen molar-refractivity contribution < 1.29 is 17.7 Å². The summed E-state index contributed by atoms with van der Waals surface area (Å²) in [6.07, 6.45) is 0.692. The molecule has 1 aromatic carbocycles. The van der Waals surface area contributed by atoms with Crippen LogP contribution in [0.25, 0.3) is 0 Å². The lowest BCUT2D eigenvalue weighted by Crippen LogP contribution is -2.48. The average Bonchev–Trinajstić information content (AvgIpc) is 3.51. The van der Waals surface area contributed by atoms with Crippen molar-refractivity contribution in [3.63, 3.8) is 0 Å². The number of thiophene rings is 1. The Labute approximate surface area is 230 Å². The average molecular weight is 619 g/mol. The minimum Gasteiger partial charge on any atom is -0.339 e. The largest absolute Gasteiger partial charge is 0.339 e. The van der Waals surface area contributed by atoms with E-state index in [1.165, 1.54) is 15.6 Å². The van der Waals surface area contributed by atoms with Crippen molar-refractivity contribution in [3.8, 4) is 0 Å². The lowest BCUT2D eigenvalue weighted by Gasteiger charge is -2.32. The van der Waals surface area contributed by atoms with Crippen LogP contribution in [-0.2, 0) is 34.3 Å². The van der Waals surface area contributed by atoms with E-state index in [0.717, 1.165) is 9.35 Å². The second kappa shape index (κ2) is 13.1. The molecule has 36 heavy (non-hydrogen) atoms. The number of rotatable bonds is 10. The van der Waals surface area contributed by atoms with Crippen LogP contribution >= 0.6 is 39.7 Å². The fraction of sp³-hybridized carbons (Fsp3) is 0.435. The molecule has 4 rings (SSSR count). The summed E-state index contributed by atoms with van der Waals surface area (Å²) in [7, 11) is -3.47. The molecule has 0 unspecified atom stereocenters. The number of carbonyl (C=O) groups is 1. The summed E-state index contributed by atoms with van der Waals surface area (Å²) >= 11 is 4.54. The van der Waals surface area contributed by atoms with E-state index < -0.39 is 10.0 Å². The van der Waals surface area contributed by atoms with Crippen molar-refractivity contribution in [3.05, 3.63) is 63.5 Å². The van der Waals surface area contributed by atoms with Crippen molar-refractivity contribution >= 4 is 55.6 Å². The molecule has 0 spiro atoms. The summed E-state index contributed by atoms with van der Waals surface area (Å²) in [5, 5.41) is 4.05. The maximum absolute atomic E-state index is 12.8. The van der Waals surface area contributed by atoms with Crippen molar-refractivity contribution in [1.82, 2.24) is 24.2 Å². The van der Waals surface area contributed by atoms with Crippen LogP contribution in [0, 0.1) is 0 Å². The van der Waals surface area contributed by atoms with Gasteiger partial charge in [0.05, 0.1) is 10.3 Å². The number of aryl methyl sites for hydroxylation is 1. The molecule has 0 bridgehead atoms. The van der Waals surface area contributed by atoms with Crippen LogP contribution in [0.5, 0.6) is 0 Å². The first-order valence-corrected chi connectivity index (χ1v) is 14.5. The zero-order valence-corrected chi connectivity index (χ0v) is 23.9. The molecular formula is C23H29BrClN5O4S2. The van der Waals surface area contributed by atoms with E-state index >= 15 is 0 Å². The van der Waals surface area contributed by atoms with E-state index in [1.807, 2.05) is 42.2 Å². The second-order valence-corrected chi connectivity index (χ2v) is 12.9. The minimum absolute atomic E-state index is 0. The fourth-order valence-electron chi connectivity index (χ4n) is 3.90. The van der Waals surface area contributed by atoms with Gasteiger partial charge in [0.2, 0.25) is 11.8 Å². The number of piperazine rings is 1. The van der Waals surface area contributed by atoms with E-state index in [9.17, 15) is 13.2 Å². The van der Waals surface area contributed by atoms with Crippen molar-refractivity contribution in [2.45, 2.75) is 37.1 Å². The summed E-state index contributed by atoms with van der Waals surface area (Å²) in [5.74, 6) is 1.03. The number of benzene rings is 1. The van der Waals surface area contributed by atoms with Crippen LogP contribution in [0.2, 0.25) is 0 Å². The molecule has 2 aromatic heterocycles. The highest BCUT2D eigenvalue weighted by atomic mass is 79.9. The smallest absolute Gasteiger partial charge is 0.252 e. The molecular weight excluding hydrogens is 590 g/mol. The quantitative estimate of drug-likeness (QED) is 0.341. The van der Waals surface area contributed by atoms with Crippen LogP contribution in [-0.4, -0.2) is 71.3 Å². The SMILES string of the molecule is CCN(Cc1ccccc1)C(=O)CCc1nc(CN2CCN(S(=O)(=O)c3ccc(Br)s3)CC2)no1.Cl. The van der Waals surface area contributed by atoms with Gasteiger partial charge < -0.3 is 9.42 Å². The van der Waals surface area contributed by atoms with Gasteiger partial charge >= 0.3 is 0 Å². The summed E-state index contributed by atoms with van der Waals surface area (Å²) in [5.41, 5.74) is 1.10. The highest BCUT2D eigenvalue weighted by Crippen LogP contribution is 2.29. The van der Waals surface area contributed by atoms with E-state index in [-0.39, 0.29) is 18.3 Å². The van der Waals surface area contributed by atoms with Gasteiger partial charge in [-0.2, -0.15) is 9.29 Å². The predicted molar refractivity (Wildman–Crippen MR) is 143 cm³/mol. The molecule has 1 aliphatic rings. The minimum atomic E-state index is -3.47. The Morgan fingerprint density at radius 3 is 2.50 bits per heavy atom. The maximum Gasteiger partial charge on any atom is 0.252 e. The molecule has 3 heterocycles. The van der Waals surface area contributed by atoms with E-state index in [1.54, 1.807) is 12.1 Å². The highest BCUT2D eigenvalue weighted by Gasteiger charge is 2.30. The Morgan fingerprint density at radius 2 is 1.86 bits per heavy atom. The zero-order chi connectivity index (χ0) is 24.8. The first-order valence-electron chi connectivity index (χ1n) is 11.5. The van der Waals surface area contributed by atoms with E-state index in [4.69, 9.17) is 4.52 Å². The Bertz CT molecular complexity index is 1230. The molecule has 196 valence electrons. The molecule has 0 radical (unpaired) electrons. The molecule has 0 atom stereocenters. The van der Waals surface area contributed by atoms with Gasteiger partial charge in [-0.3, -0.25) is 9.69 Å². The van der Waals surface area contributed by atoms with Gasteiger partial charge in [-0.05, 0) is 40.5 Å². The molecule has 13 heteroatoms. The molecule has 9 nitrogen and oxygen atoms in total. The van der Waals surface area contributed by atoms with E-state index in [2.05, 4.69) is 31.0 Å². The normalized spacial score (nSPS) is 14.9. The van der Waals surface area contributed by atoms with E-state index in [0.29, 0.717) is 74.6 Å². The molecule has 0 N–H and O–H groups in total. The molecule has 1 fully saturated rings. The Balaban J connectivity index is 0.00000361. The van der Waals surface area contributed by atoms with Crippen LogP contribution in [0.1, 0.15) is 30.6 Å². The first-order chi connectivity index (χ1) is 16.8. The molecule has 1 saturated heterocycles. The van der Waals surface area contributed by atoms with Crippen molar-refractivity contribution in [2.75, 3.05) is 32.7 Å². The third kappa shape index (κ3) is 7.36. The standard InChI is InChI=1S/C23H28BrN5O4S2.ClH/c1-2-28(16-18-6-4-3-5-7-18)22(30)10-9-21-25-20(26-33-21)17-27-12-14-29(15-13-27)35(31,32)23-11-8-19(24)34-23;/h3-8,11H,2,9-10,12-17H2,1H3;1H. The van der Waals surface area contributed by atoms with Gasteiger partial charge in [-0.25, -0.2) is 8.42 Å². The second-order valence-electron chi connectivity index (χ2n) is 8.24. The van der Waals surface area contributed by atoms with Crippen LogP contribution in [0.4, 0.5) is 0 Å². The molecule has 3 aromatic rings. The molecule has 0 aliphatic carbocycles. The Hall–Kier alpha value is -1.83. The number of halogens is 2. The van der Waals surface area contributed by atoms with Crippen LogP contribution < -0.4 is 0 Å². The number of amides is 1. The molecule has 1 amide bonds. The van der Waals surface area contributed by atoms with Gasteiger partial charge in [0.15, 0.2) is 5.82 Å². The van der Waals surface area contributed by atoms with Crippen molar-refractivity contribution in [2.24, 2.45) is 0 Å². The summed E-state index contributed by atoms with van der Waals surface area (Å²) < 4.78 is 33.6. The number of nitrogens with zero attached hydrogens (tertiary/aromatic N) is 5. The predicted octanol–water partition coefficient (Wildman–Crippen LogP) is 3.80. The fourth-order valence-corrected chi connectivity index (χ4v) is 7.49. The third-order valence-corrected chi connectivity index (χ3v) is 9.84. The monoisotopic (exact) mass is 617 g/mol. The lowest BCUT2D eigenvalue weighted by molar-refractivity contribution is -0.131. The highest BCUT2D eigenvalue weighted by molar-refractivity contribution is 9.11. The lowest BCUT2D eigenvalue weighted by atomic mass is 10.2. The molecule has 1 aliphatic heterocycles. The maximum atomic E-state index is 12.8. The molecule has 0 saturated carbocycles. The zero-order valence-electron chi connectivity index (χ0n) is 19.9. The number of sulfonamides is 1. The van der Waals surface area contributed by atoms with Crippen molar-refractivity contribution in [1.29, 1.82) is 0 Å². The first kappa shape index (κ1) is 28.7. The number of hydrogen-bond donors (Lipinski definition) is 0. The van der Waals surface area contributed by atoms with Gasteiger partial charge in [-0.15, -0.1) is 23.7 Å². The summed E-state index contributed by atoms with van der Waals surface area (Å²) in [6.45, 7) is 5.64. The van der Waals surface area contributed by atoms with Gasteiger partial charge in [0.25, 0.3) is 10.0 Å². The number of hydrogen-bond acceptors (Lipinski definition) is 8. The Morgan fingerprint density at radius 1 is 1.14 bits per heavy atom. The van der Waals surface area contributed by atoms with Gasteiger partial charge in [-0.1, -0.05) is 35.5 Å². The summed E-state index contributed by atoms with van der Waals surface area (Å²) in [4.78, 5) is 21.0. The number of carbonyl (C=O) groups excluding carboxylic acids is 1. The van der Waals surface area contributed by atoms with Crippen LogP contribution in [0.15, 0.2) is 55.0 Å². The third-order valence-electron chi connectivity index (χ3n) is 5.85. The van der Waals surface area contributed by atoms with Crippen LogP contribution in [0.3, 0.4) is 0 Å². The Kier molecular flexibility index (Phi) is 10.5. The van der Waals surface area contributed by atoms with Gasteiger partial charge in [0.1, 0.15) is 4.21 Å². The summed E-state index contributed by atoms with van der Waals surface area (Å²) in [6, 6.07) is 13.3.